The predicted molar refractivity (Wildman–Crippen MR) is 101 cm³/mol. The molecule has 0 atom stereocenters. The topological polar surface area (TPSA) is 46.6 Å². The molecule has 136 valence electrons. The molecule has 3 rings (SSSR count). The van der Waals surface area contributed by atoms with E-state index < -0.39 is 0 Å². The third-order valence-corrected chi connectivity index (χ3v) is 4.94. The third-order valence-electron chi connectivity index (χ3n) is 4.94. The average molecular weight is 351 g/mol. The lowest BCUT2D eigenvalue weighted by Crippen LogP contribution is -2.43. The quantitative estimate of drug-likeness (QED) is 0.773. The van der Waals surface area contributed by atoms with Crippen molar-refractivity contribution in [2.45, 2.75) is 25.7 Å². The minimum atomic E-state index is -0.309. The van der Waals surface area contributed by atoms with Crippen LogP contribution >= 0.6 is 0 Å². The lowest BCUT2D eigenvalue weighted by molar-refractivity contribution is -0.151. The van der Waals surface area contributed by atoms with Gasteiger partial charge >= 0.3 is 5.97 Å². The van der Waals surface area contributed by atoms with Crippen molar-refractivity contribution < 1.29 is 14.3 Å². The lowest BCUT2D eigenvalue weighted by atomic mass is 9.88. The van der Waals surface area contributed by atoms with Gasteiger partial charge < -0.3 is 9.64 Å². The Morgan fingerprint density at radius 3 is 1.92 bits per heavy atom. The molecule has 4 heteroatoms. The Labute approximate surface area is 154 Å². The fourth-order valence-corrected chi connectivity index (χ4v) is 3.55. The summed E-state index contributed by atoms with van der Waals surface area (Å²) in [6.07, 6.45) is 1.34. The summed E-state index contributed by atoms with van der Waals surface area (Å²) in [7, 11) is 0. The number of benzene rings is 2. The second kappa shape index (κ2) is 8.65. The van der Waals surface area contributed by atoms with Gasteiger partial charge in [0.25, 0.3) is 0 Å². The molecule has 0 saturated carbocycles. The Balaban J connectivity index is 1.76. The van der Waals surface area contributed by atoms with E-state index in [1.165, 1.54) is 0 Å². The van der Waals surface area contributed by atoms with Gasteiger partial charge in [-0.05, 0) is 30.9 Å². The van der Waals surface area contributed by atoms with E-state index in [0.29, 0.717) is 32.5 Å². The second-order valence-electron chi connectivity index (χ2n) is 6.61. The van der Waals surface area contributed by atoms with Crippen molar-refractivity contribution in [3.63, 3.8) is 0 Å². The molecule has 0 aromatic heterocycles. The Morgan fingerprint density at radius 2 is 1.46 bits per heavy atom. The van der Waals surface area contributed by atoms with Gasteiger partial charge in [-0.1, -0.05) is 60.7 Å². The van der Waals surface area contributed by atoms with E-state index in [-0.39, 0.29) is 23.7 Å². The molecule has 0 unspecified atom stereocenters. The van der Waals surface area contributed by atoms with Crippen molar-refractivity contribution in [3.8, 4) is 0 Å². The molecule has 2 aromatic rings. The van der Waals surface area contributed by atoms with Crippen LogP contribution in [-0.2, 0) is 14.3 Å². The van der Waals surface area contributed by atoms with E-state index in [2.05, 4.69) is 0 Å². The van der Waals surface area contributed by atoms with E-state index in [1.54, 1.807) is 0 Å². The van der Waals surface area contributed by atoms with Gasteiger partial charge in [-0.25, -0.2) is 0 Å². The van der Waals surface area contributed by atoms with Crippen LogP contribution in [0.3, 0.4) is 0 Å². The molecule has 26 heavy (non-hydrogen) atoms. The van der Waals surface area contributed by atoms with Gasteiger partial charge in [0.1, 0.15) is 0 Å². The molecule has 0 radical (unpaired) electrons. The molecular weight excluding hydrogens is 326 g/mol. The molecule has 1 amide bonds. The van der Waals surface area contributed by atoms with E-state index in [9.17, 15) is 9.59 Å². The number of ether oxygens (including phenoxy) is 1. The molecule has 2 aromatic carbocycles. The molecule has 1 heterocycles. The van der Waals surface area contributed by atoms with Crippen LogP contribution in [0.1, 0.15) is 36.8 Å². The summed E-state index contributed by atoms with van der Waals surface area (Å²) < 4.78 is 5.12. The maximum atomic E-state index is 13.3. The number of hydrogen-bond acceptors (Lipinski definition) is 3. The molecule has 0 aliphatic carbocycles. The molecule has 0 bridgehead atoms. The van der Waals surface area contributed by atoms with E-state index in [4.69, 9.17) is 4.74 Å². The van der Waals surface area contributed by atoms with Gasteiger partial charge in [-0.15, -0.1) is 0 Å². The van der Waals surface area contributed by atoms with Gasteiger partial charge in [0.2, 0.25) is 5.91 Å². The van der Waals surface area contributed by atoms with Gasteiger partial charge in [-0.2, -0.15) is 0 Å². The smallest absolute Gasteiger partial charge is 0.309 e. The normalized spacial score (nSPS) is 15.1. The first-order valence-electron chi connectivity index (χ1n) is 9.26. The minimum absolute atomic E-state index is 0.0918. The van der Waals surface area contributed by atoms with Crippen LogP contribution in [0.2, 0.25) is 0 Å². The predicted octanol–water partition coefficient (Wildman–Crippen LogP) is 3.62. The molecule has 0 N–H and O–H groups in total. The van der Waals surface area contributed by atoms with Crippen LogP contribution in [0.25, 0.3) is 0 Å². The van der Waals surface area contributed by atoms with Crippen molar-refractivity contribution in [1.29, 1.82) is 0 Å². The zero-order chi connectivity index (χ0) is 18.4. The first-order chi connectivity index (χ1) is 12.7. The molecule has 1 aliphatic heterocycles. The number of nitrogens with zero attached hydrogens (tertiary/aromatic N) is 1. The van der Waals surface area contributed by atoms with Gasteiger partial charge in [-0.3, -0.25) is 9.59 Å². The number of rotatable bonds is 5. The monoisotopic (exact) mass is 351 g/mol. The largest absolute Gasteiger partial charge is 0.466 e. The van der Waals surface area contributed by atoms with Crippen LogP contribution in [-0.4, -0.2) is 36.5 Å². The van der Waals surface area contributed by atoms with Crippen molar-refractivity contribution in [3.05, 3.63) is 71.8 Å². The van der Waals surface area contributed by atoms with Gasteiger partial charge in [0.15, 0.2) is 0 Å². The molecule has 4 nitrogen and oxygen atoms in total. The highest BCUT2D eigenvalue weighted by Gasteiger charge is 2.32. The number of carbonyl (C=O) groups is 2. The number of hydrogen-bond donors (Lipinski definition) is 0. The van der Waals surface area contributed by atoms with Crippen LogP contribution < -0.4 is 0 Å². The molecule has 1 saturated heterocycles. The summed E-state index contributed by atoms with van der Waals surface area (Å²) in [5, 5.41) is 0. The van der Waals surface area contributed by atoms with E-state index >= 15 is 0 Å². The summed E-state index contributed by atoms with van der Waals surface area (Å²) >= 11 is 0. The van der Waals surface area contributed by atoms with Crippen molar-refractivity contribution in [2.75, 3.05) is 19.7 Å². The number of likely N-dealkylation sites (tertiary alicyclic amines) is 1. The highest BCUT2D eigenvalue weighted by Crippen LogP contribution is 2.29. The summed E-state index contributed by atoms with van der Waals surface area (Å²) in [6.45, 7) is 3.42. The Hall–Kier alpha value is -2.62. The standard InChI is InChI=1S/C22H25NO3/c1-2-26-22(25)19-13-15-23(16-14-19)21(24)20(17-9-5-3-6-10-17)18-11-7-4-8-12-18/h3-12,19-20H,2,13-16H2,1H3. The maximum absolute atomic E-state index is 13.3. The SMILES string of the molecule is CCOC(=O)C1CCN(C(=O)C(c2ccccc2)c2ccccc2)CC1. The van der Waals surface area contributed by atoms with Crippen LogP contribution in [0.5, 0.6) is 0 Å². The number of carbonyl (C=O) groups excluding carboxylic acids is 2. The number of piperidine rings is 1. The zero-order valence-corrected chi connectivity index (χ0v) is 15.1. The van der Waals surface area contributed by atoms with Crippen LogP contribution in [0, 0.1) is 5.92 Å². The Morgan fingerprint density at radius 1 is 0.962 bits per heavy atom. The van der Waals surface area contributed by atoms with Crippen LogP contribution in [0.15, 0.2) is 60.7 Å². The summed E-state index contributed by atoms with van der Waals surface area (Å²) in [6, 6.07) is 19.8. The Kier molecular flexibility index (Phi) is 6.05. The number of esters is 1. The van der Waals surface area contributed by atoms with E-state index in [1.807, 2.05) is 72.5 Å². The van der Waals surface area contributed by atoms with Gasteiger partial charge in [0, 0.05) is 13.1 Å². The maximum Gasteiger partial charge on any atom is 0.309 e. The Bertz CT molecular complexity index is 682. The average Bonchev–Trinajstić information content (AvgIpc) is 2.70. The molecule has 0 spiro atoms. The van der Waals surface area contributed by atoms with E-state index in [0.717, 1.165) is 11.1 Å². The fraction of sp³-hybridized carbons (Fsp3) is 0.364. The summed E-state index contributed by atoms with van der Waals surface area (Å²) in [5.74, 6) is -0.436. The van der Waals surface area contributed by atoms with Crippen molar-refractivity contribution >= 4 is 11.9 Å². The number of amides is 1. The zero-order valence-electron chi connectivity index (χ0n) is 15.1. The van der Waals surface area contributed by atoms with Crippen molar-refractivity contribution in [2.24, 2.45) is 5.92 Å². The highest BCUT2D eigenvalue weighted by molar-refractivity contribution is 5.87. The first kappa shape index (κ1) is 18.2. The highest BCUT2D eigenvalue weighted by atomic mass is 16.5. The van der Waals surface area contributed by atoms with Crippen LogP contribution in [0.4, 0.5) is 0 Å². The van der Waals surface area contributed by atoms with Crippen molar-refractivity contribution in [1.82, 2.24) is 4.90 Å². The molecular formula is C22H25NO3. The second-order valence-corrected chi connectivity index (χ2v) is 6.61. The first-order valence-corrected chi connectivity index (χ1v) is 9.26. The minimum Gasteiger partial charge on any atom is -0.466 e. The lowest BCUT2D eigenvalue weighted by Gasteiger charge is -2.33. The molecule has 1 aliphatic rings. The summed E-state index contributed by atoms with van der Waals surface area (Å²) in [4.78, 5) is 27.1. The third kappa shape index (κ3) is 4.13. The summed E-state index contributed by atoms with van der Waals surface area (Å²) in [5.41, 5.74) is 1.99. The van der Waals surface area contributed by atoms with Gasteiger partial charge in [0.05, 0.1) is 18.4 Å². The fourth-order valence-electron chi connectivity index (χ4n) is 3.55. The molecule has 1 fully saturated rings.